The molecule has 0 bridgehead atoms. The first-order valence-electron chi connectivity index (χ1n) is 6.59. The zero-order valence-electron chi connectivity index (χ0n) is 10.2. The average Bonchev–Trinajstić information content (AvgIpc) is 2.30. The molecule has 2 nitrogen and oxygen atoms in total. The van der Waals surface area contributed by atoms with E-state index in [-0.39, 0.29) is 5.60 Å². The highest BCUT2D eigenvalue weighted by molar-refractivity contribution is 4.93. The van der Waals surface area contributed by atoms with Crippen molar-refractivity contribution >= 4 is 0 Å². The molecule has 0 aromatic rings. The van der Waals surface area contributed by atoms with Gasteiger partial charge in [0.1, 0.15) is 0 Å². The first kappa shape index (κ1) is 11.4. The molecular weight excluding hydrogens is 186 g/mol. The molecule has 0 radical (unpaired) electrons. The van der Waals surface area contributed by atoms with Crippen molar-refractivity contribution in [1.82, 2.24) is 5.32 Å². The van der Waals surface area contributed by atoms with Crippen LogP contribution in [-0.4, -0.2) is 25.3 Å². The zero-order chi connectivity index (χ0) is 10.7. The molecule has 1 saturated heterocycles. The zero-order valence-corrected chi connectivity index (χ0v) is 10.2. The van der Waals surface area contributed by atoms with Gasteiger partial charge in [0.05, 0.1) is 5.60 Å². The summed E-state index contributed by atoms with van der Waals surface area (Å²) in [5.74, 6) is 0.967. The lowest BCUT2D eigenvalue weighted by Gasteiger charge is -2.45. The Balaban J connectivity index is 1.90. The van der Waals surface area contributed by atoms with Gasteiger partial charge in [-0.1, -0.05) is 13.3 Å². The van der Waals surface area contributed by atoms with Crippen molar-refractivity contribution in [1.29, 1.82) is 0 Å². The van der Waals surface area contributed by atoms with Crippen LogP contribution in [0.5, 0.6) is 0 Å². The van der Waals surface area contributed by atoms with Crippen LogP contribution in [0.2, 0.25) is 0 Å². The Hall–Kier alpha value is -0.0800. The lowest BCUT2D eigenvalue weighted by Crippen LogP contribution is -2.48. The Morgan fingerprint density at radius 2 is 2.00 bits per heavy atom. The van der Waals surface area contributed by atoms with E-state index in [4.69, 9.17) is 4.74 Å². The fraction of sp³-hybridized carbons (Fsp3) is 1.00. The summed E-state index contributed by atoms with van der Waals surface area (Å²) in [6.45, 7) is 3.28. The molecule has 2 heteroatoms. The lowest BCUT2D eigenvalue weighted by molar-refractivity contribution is -0.115. The molecule has 1 saturated carbocycles. The van der Waals surface area contributed by atoms with Gasteiger partial charge in [-0.25, -0.2) is 0 Å². The third-order valence-corrected chi connectivity index (χ3v) is 4.49. The first-order chi connectivity index (χ1) is 7.28. The van der Waals surface area contributed by atoms with Crippen LogP contribution < -0.4 is 5.32 Å². The van der Waals surface area contributed by atoms with Crippen LogP contribution in [0.15, 0.2) is 0 Å². The lowest BCUT2D eigenvalue weighted by atomic mass is 9.73. The van der Waals surface area contributed by atoms with Crippen molar-refractivity contribution in [2.45, 2.75) is 63.5 Å². The third kappa shape index (κ3) is 2.54. The van der Waals surface area contributed by atoms with E-state index in [9.17, 15) is 0 Å². The summed E-state index contributed by atoms with van der Waals surface area (Å²) >= 11 is 0. The minimum absolute atomic E-state index is 0.248. The molecule has 1 unspecified atom stereocenters. The van der Waals surface area contributed by atoms with E-state index in [1.54, 1.807) is 0 Å². The van der Waals surface area contributed by atoms with E-state index in [1.807, 2.05) is 0 Å². The van der Waals surface area contributed by atoms with Gasteiger partial charge in [0.25, 0.3) is 0 Å². The van der Waals surface area contributed by atoms with Gasteiger partial charge in [0.15, 0.2) is 0 Å². The molecule has 0 aromatic heterocycles. The van der Waals surface area contributed by atoms with E-state index < -0.39 is 0 Å². The predicted molar refractivity (Wildman–Crippen MR) is 63.0 cm³/mol. The molecule has 1 N–H and O–H groups in total. The smallest absolute Gasteiger partial charge is 0.0697 e. The SMILES string of the molecule is CCC1CCC2(CC1)CC(NC)CCO2. The van der Waals surface area contributed by atoms with Crippen molar-refractivity contribution in [2.75, 3.05) is 13.7 Å². The van der Waals surface area contributed by atoms with Gasteiger partial charge < -0.3 is 10.1 Å². The Morgan fingerprint density at radius 1 is 1.27 bits per heavy atom. The van der Waals surface area contributed by atoms with Crippen molar-refractivity contribution in [3.63, 3.8) is 0 Å². The molecule has 2 aliphatic rings. The predicted octanol–water partition coefficient (Wildman–Crippen LogP) is 2.72. The van der Waals surface area contributed by atoms with Crippen LogP contribution >= 0.6 is 0 Å². The average molecular weight is 211 g/mol. The molecule has 0 amide bonds. The van der Waals surface area contributed by atoms with Crippen molar-refractivity contribution in [3.8, 4) is 0 Å². The highest BCUT2D eigenvalue weighted by Gasteiger charge is 2.39. The molecule has 1 heterocycles. The molecule has 0 aromatic carbocycles. The molecule has 15 heavy (non-hydrogen) atoms. The van der Waals surface area contributed by atoms with Gasteiger partial charge in [-0.15, -0.1) is 0 Å². The van der Waals surface area contributed by atoms with Gasteiger partial charge in [0.2, 0.25) is 0 Å². The Morgan fingerprint density at radius 3 is 2.60 bits per heavy atom. The van der Waals surface area contributed by atoms with Crippen LogP contribution in [0.1, 0.15) is 51.9 Å². The summed E-state index contributed by atoms with van der Waals surface area (Å²) in [7, 11) is 2.08. The maximum absolute atomic E-state index is 6.09. The molecule has 1 aliphatic heterocycles. The minimum Gasteiger partial charge on any atom is -0.375 e. The monoisotopic (exact) mass is 211 g/mol. The Kier molecular flexibility index (Phi) is 3.68. The Bertz CT molecular complexity index is 197. The number of hydrogen-bond acceptors (Lipinski definition) is 2. The molecular formula is C13H25NO. The fourth-order valence-electron chi connectivity index (χ4n) is 3.23. The standard InChI is InChI=1S/C13H25NO/c1-3-11-4-7-13(8-5-11)10-12(14-2)6-9-15-13/h11-12,14H,3-10H2,1-2H3. The number of hydrogen-bond donors (Lipinski definition) is 1. The normalized spacial score (nSPS) is 42.0. The van der Waals surface area contributed by atoms with E-state index in [0.29, 0.717) is 6.04 Å². The summed E-state index contributed by atoms with van der Waals surface area (Å²) in [6.07, 6.45) is 9.13. The van der Waals surface area contributed by atoms with Gasteiger partial charge in [-0.05, 0) is 51.5 Å². The van der Waals surface area contributed by atoms with E-state index >= 15 is 0 Å². The molecule has 1 aliphatic carbocycles. The second-order valence-corrected chi connectivity index (χ2v) is 5.36. The quantitative estimate of drug-likeness (QED) is 0.758. The minimum atomic E-state index is 0.248. The summed E-state index contributed by atoms with van der Waals surface area (Å²) < 4.78 is 6.09. The van der Waals surface area contributed by atoms with Crippen molar-refractivity contribution in [2.24, 2.45) is 5.92 Å². The molecule has 1 spiro atoms. The van der Waals surface area contributed by atoms with Crippen molar-refractivity contribution in [3.05, 3.63) is 0 Å². The van der Waals surface area contributed by atoms with Crippen LogP contribution in [-0.2, 0) is 4.74 Å². The van der Waals surface area contributed by atoms with Crippen LogP contribution in [0.25, 0.3) is 0 Å². The fourth-order valence-corrected chi connectivity index (χ4v) is 3.23. The number of rotatable bonds is 2. The second kappa shape index (κ2) is 4.84. The summed E-state index contributed by atoms with van der Waals surface area (Å²) in [5.41, 5.74) is 0.248. The maximum Gasteiger partial charge on any atom is 0.0697 e. The largest absolute Gasteiger partial charge is 0.375 e. The topological polar surface area (TPSA) is 21.3 Å². The summed E-state index contributed by atoms with van der Waals surface area (Å²) in [5, 5.41) is 3.42. The molecule has 88 valence electrons. The van der Waals surface area contributed by atoms with E-state index in [1.165, 1.54) is 44.9 Å². The summed E-state index contributed by atoms with van der Waals surface area (Å²) in [6, 6.07) is 0.692. The first-order valence-corrected chi connectivity index (χ1v) is 6.59. The highest BCUT2D eigenvalue weighted by Crippen LogP contribution is 2.41. The highest BCUT2D eigenvalue weighted by atomic mass is 16.5. The Labute approximate surface area is 93.8 Å². The van der Waals surface area contributed by atoms with Crippen molar-refractivity contribution < 1.29 is 4.74 Å². The third-order valence-electron chi connectivity index (χ3n) is 4.49. The number of nitrogens with one attached hydrogen (secondary N) is 1. The van der Waals surface area contributed by atoms with Crippen LogP contribution in [0, 0.1) is 5.92 Å². The molecule has 1 atom stereocenters. The van der Waals surface area contributed by atoms with Crippen LogP contribution in [0.4, 0.5) is 0 Å². The molecule has 2 fully saturated rings. The van der Waals surface area contributed by atoms with E-state index in [0.717, 1.165) is 12.5 Å². The second-order valence-electron chi connectivity index (χ2n) is 5.36. The van der Waals surface area contributed by atoms with E-state index in [2.05, 4.69) is 19.3 Å². The van der Waals surface area contributed by atoms with Crippen LogP contribution in [0.3, 0.4) is 0 Å². The van der Waals surface area contributed by atoms with Gasteiger partial charge in [-0.2, -0.15) is 0 Å². The molecule has 2 rings (SSSR count). The van der Waals surface area contributed by atoms with Gasteiger partial charge in [0, 0.05) is 12.6 Å². The number of ether oxygens (including phenoxy) is 1. The maximum atomic E-state index is 6.09. The summed E-state index contributed by atoms with van der Waals surface area (Å²) in [4.78, 5) is 0. The van der Waals surface area contributed by atoms with Gasteiger partial charge in [-0.3, -0.25) is 0 Å². The van der Waals surface area contributed by atoms with Gasteiger partial charge >= 0.3 is 0 Å².